The normalized spacial score (nSPS) is 30.4. The Morgan fingerprint density at radius 2 is 1.78 bits per heavy atom. The lowest BCUT2D eigenvalue weighted by Gasteiger charge is -2.59. The molecule has 0 radical (unpaired) electrons. The third-order valence-corrected chi connectivity index (χ3v) is 11.0. The highest BCUT2D eigenvalue weighted by Crippen LogP contribution is 2.61. The highest BCUT2D eigenvalue weighted by atomic mass is 32.2. The molecule has 1 aliphatic heterocycles. The number of morpholine rings is 1. The van der Waals surface area contributed by atoms with Gasteiger partial charge in [0.1, 0.15) is 11.5 Å². The van der Waals surface area contributed by atoms with E-state index in [4.69, 9.17) is 14.2 Å². The van der Waals surface area contributed by atoms with Gasteiger partial charge in [-0.05, 0) is 60.0 Å². The van der Waals surface area contributed by atoms with E-state index in [-0.39, 0.29) is 39.9 Å². The lowest BCUT2D eigenvalue weighted by atomic mass is 9.47. The molecule has 0 aromatic heterocycles. The van der Waals surface area contributed by atoms with Crippen LogP contribution in [0.15, 0.2) is 23.1 Å². The minimum absolute atomic E-state index is 0.00919. The Balaban J connectivity index is 1.54. The lowest BCUT2D eigenvalue weighted by Crippen LogP contribution is -2.52. The van der Waals surface area contributed by atoms with Gasteiger partial charge >= 0.3 is 0 Å². The number of sulfone groups is 1. The summed E-state index contributed by atoms with van der Waals surface area (Å²) in [7, 11) is -2.10. The first-order chi connectivity index (χ1) is 17.0. The van der Waals surface area contributed by atoms with Crippen LogP contribution < -0.4 is 9.47 Å². The Hall–Kier alpha value is -1.80. The van der Waals surface area contributed by atoms with Crippen molar-refractivity contribution in [1.29, 1.82) is 0 Å². The number of methoxy groups -OCH3 is 1. The maximum atomic E-state index is 13.8. The highest BCUT2D eigenvalue weighted by Gasteiger charge is 2.54. The minimum Gasteiger partial charge on any atom is -0.497 e. The summed E-state index contributed by atoms with van der Waals surface area (Å²) in [5.41, 5.74) is 0.244. The number of carbonyl (C=O) groups is 1. The Morgan fingerprint density at radius 1 is 1.08 bits per heavy atom. The molecule has 7 nitrogen and oxygen atoms in total. The molecule has 1 saturated heterocycles. The zero-order valence-corrected chi connectivity index (χ0v) is 23.4. The predicted octanol–water partition coefficient (Wildman–Crippen LogP) is 4.59. The first-order valence-electron chi connectivity index (χ1n) is 13.4. The standard InChI is InChI=1S/C28H43NO6S/c1-20-7-8-25-27(2,3)9-6-10-28(25,4)24(20)19-36(31,32)23-16-21(33-5)15-22(17-23)35-18-26(30)29-11-13-34-14-12-29/h15-17,20,24-25H,6-14,18-19H2,1-5H3/t20-,24-,25?,28+/m0/s1. The monoisotopic (exact) mass is 521 g/mol. The van der Waals surface area contributed by atoms with Crippen molar-refractivity contribution in [1.82, 2.24) is 4.90 Å². The van der Waals surface area contributed by atoms with Gasteiger partial charge in [0.15, 0.2) is 16.4 Å². The molecule has 1 heterocycles. The van der Waals surface area contributed by atoms with Crippen LogP contribution in [0.3, 0.4) is 0 Å². The van der Waals surface area contributed by atoms with E-state index < -0.39 is 9.84 Å². The first-order valence-corrected chi connectivity index (χ1v) is 15.0. The third-order valence-electron chi connectivity index (χ3n) is 9.29. The number of hydrogen-bond acceptors (Lipinski definition) is 6. The summed E-state index contributed by atoms with van der Waals surface area (Å²) in [5, 5.41) is 0. The summed E-state index contributed by atoms with van der Waals surface area (Å²) in [6, 6.07) is 4.75. The summed E-state index contributed by atoms with van der Waals surface area (Å²) in [6.07, 6.45) is 5.69. The van der Waals surface area contributed by atoms with Crippen molar-refractivity contribution in [2.24, 2.45) is 28.6 Å². The van der Waals surface area contributed by atoms with Gasteiger partial charge in [-0.2, -0.15) is 0 Å². The third kappa shape index (κ3) is 5.54. The number of fused-ring (bicyclic) bond motifs is 1. The number of ether oxygens (including phenoxy) is 3. The molecule has 3 aliphatic rings. The van der Waals surface area contributed by atoms with Gasteiger partial charge in [0, 0.05) is 19.2 Å². The van der Waals surface area contributed by atoms with Gasteiger partial charge in [-0.15, -0.1) is 0 Å². The van der Waals surface area contributed by atoms with Crippen molar-refractivity contribution in [2.75, 3.05) is 45.8 Å². The highest BCUT2D eigenvalue weighted by molar-refractivity contribution is 7.91. The van der Waals surface area contributed by atoms with Crippen molar-refractivity contribution >= 4 is 15.7 Å². The Bertz CT molecular complexity index is 1050. The van der Waals surface area contributed by atoms with Crippen molar-refractivity contribution in [3.63, 3.8) is 0 Å². The van der Waals surface area contributed by atoms with E-state index in [0.29, 0.717) is 49.6 Å². The van der Waals surface area contributed by atoms with E-state index in [0.717, 1.165) is 19.3 Å². The number of amides is 1. The van der Waals surface area contributed by atoms with E-state index in [2.05, 4.69) is 27.7 Å². The van der Waals surface area contributed by atoms with Crippen LogP contribution in [-0.2, 0) is 19.4 Å². The van der Waals surface area contributed by atoms with Crippen molar-refractivity contribution in [3.05, 3.63) is 18.2 Å². The molecule has 2 saturated carbocycles. The van der Waals surface area contributed by atoms with Crippen molar-refractivity contribution in [3.8, 4) is 11.5 Å². The van der Waals surface area contributed by atoms with Crippen LogP contribution in [-0.4, -0.2) is 65.0 Å². The van der Waals surface area contributed by atoms with Crippen LogP contribution in [0.5, 0.6) is 11.5 Å². The number of rotatable bonds is 7. The molecule has 8 heteroatoms. The van der Waals surface area contributed by atoms with Crippen LogP contribution in [0, 0.1) is 28.6 Å². The summed E-state index contributed by atoms with van der Waals surface area (Å²) in [5.74, 6) is 1.70. The largest absolute Gasteiger partial charge is 0.497 e. The lowest BCUT2D eigenvalue weighted by molar-refractivity contribution is -0.137. The zero-order chi connectivity index (χ0) is 26.1. The quantitative estimate of drug-likeness (QED) is 0.522. The molecule has 0 bridgehead atoms. The Kier molecular flexibility index (Phi) is 7.96. The summed E-state index contributed by atoms with van der Waals surface area (Å²) in [6.45, 7) is 11.2. The van der Waals surface area contributed by atoms with Gasteiger partial charge in [0.2, 0.25) is 0 Å². The van der Waals surface area contributed by atoms with E-state index in [1.807, 2.05) is 0 Å². The Labute approximate surface area is 216 Å². The number of benzene rings is 1. The number of nitrogens with zero attached hydrogens (tertiary/aromatic N) is 1. The SMILES string of the molecule is COc1cc(OCC(=O)N2CCOCC2)cc(S(=O)(=O)C[C@H]2[C@@H](C)CCC3C(C)(C)CCC[C@@]32C)c1. The molecule has 1 aromatic carbocycles. The second-order valence-corrected chi connectivity index (χ2v) is 14.0. The van der Waals surface area contributed by atoms with Crippen molar-refractivity contribution in [2.45, 2.75) is 64.7 Å². The van der Waals surface area contributed by atoms with Crippen LogP contribution in [0.25, 0.3) is 0 Å². The zero-order valence-electron chi connectivity index (χ0n) is 22.5. The van der Waals surface area contributed by atoms with Crippen LogP contribution in [0.1, 0.15) is 59.8 Å². The fraction of sp³-hybridized carbons (Fsp3) is 0.750. The topological polar surface area (TPSA) is 82.1 Å². The average Bonchev–Trinajstić information content (AvgIpc) is 2.84. The molecule has 1 unspecified atom stereocenters. The second kappa shape index (κ2) is 10.5. The Morgan fingerprint density at radius 3 is 2.47 bits per heavy atom. The van der Waals surface area contributed by atoms with E-state index in [1.165, 1.54) is 20.0 Å². The smallest absolute Gasteiger partial charge is 0.260 e. The van der Waals surface area contributed by atoms with Crippen molar-refractivity contribution < 1.29 is 27.4 Å². The fourth-order valence-corrected chi connectivity index (χ4v) is 9.24. The number of hydrogen-bond donors (Lipinski definition) is 0. The maximum absolute atomic E-state index is 13.8. The van der Waals surface area contributed by atoms with Crippen LogP contribution in [0.4, 0.5) is 0 Å². The molecule has 202 valence electrons. The molecule has 1 aromatic rings. The second-order valence-electron chi connectivity index (χ2n) is 12.0. The summed E-state index contributed by atoms with van der Waals surface area (Å²) < 4.78 is 44.1. The van der Waals surface area contributed by atoms with Gasteiger partial charge < -0.3 is 19.1 Å². The van der Waals surface area contributed by atoms with E-state index in [9.17, 15) is 13.2 Å². The fourth-order valence-electron chi connectivity index (χ4n) is 7.27. The van der Waals surface area contributed by atoms with Crippen LogP contribution in [0.2, 0.25) is 0 Å². The molecule has 4 rings (SSSR count). The van der Waals surface area contributed by atoms with E-state index in [1.54, 1.807) is 23.1 Å². The summed E-state index contributed by atoms with van der Waals surface area (Å²) in [4.78, 5) is 14.4. The van der Waals surface area contributed by atoms with Gasteiger partial charge in [-0.25, -0.2) is 8.42 Å². The molecule has 36 heavy (non-hydrogen) atoms. The molecule has 4 atom stereocenters. The van der Waals surface area contributed by atoms with Gasteiger partial charge in [-0.3, -0.25) is 4.79 Å². The minimum atomic E-state index is -3.60. The molecular weight excluding hydrogens is 478 g/mol. The molecule has 3 fully saturated rings. The van der Waals surface area contributed by atoms with Gasteiger partial charge in [0.05, 0.1) is 31.0 Å². The maximum Gasteiger partial charge on any atom is 0.260 e. The van der Waals surface area contributed by atoms with Gasteiger partial charge in [0.25, 0.3) is 5.91 Å². The molecular formula is C28H43NO6S. The van der Waals surface area contributed by atoms with E-state index >= 15 is 0 Å². The number of carbonyl (C=O) groups excluding carboxylic acids is 1. The molecule has 2 aliphatic carbocycles. The molecule has 0 spiro atoms. The molecule has 0 N–H and O–H groups in total. The average molecular weight is 522 g/mol. The van der Waals surface area contributed by atoms with Crippen LogP contribution >= 0.6 is 0 Å². The first kappa shape index (κ1) is 27.2. The molecule has 1 amide bonds. The predicted molar refractivity (Wildman–Crippen MR) is 139 cm³/mol. The summed E-state index contributed by atoms with van der Waals surface area (Å²) >= 11 is 0. The van der Waals surface area contributed by atoms with Gasteiger partial charge in [-0.1, -0.05) is 40.5 Å².